The van der Waals surface area contributed by atoms with E-state index in [1.165, 1.54) is 18.5 Å². The summed E-state index contributed by atoms with van der Waals surface area (Å²) < 4.78 is 37.4. The lowest BCUT2D eigenvalue weighted by Crippen LogP contribution is -2.37. The number of carbonyl (C=O) groups is 1. The van der Waals surface area contributed by atoms with Crippen LogP contribution >= 0.6 is 15.9 Å². The summed E-state index contributed by atoms with van der Waals surface area (Å²) in [5, 5.41) is 8.59. The van der Waals surface area contributed by atoms with Gasteiger partial charge in [-0.3, -0.25) is 14.7 Å². The van der Waals surface area contributed by atoms with Gasteiger partial charge in [-0.15, -0.1) is 0 Å². The van der Waals surface area contributed by atoms with Gasteiger partial charge in [-0.2, -0.15) is 13.2 Å². The summed E-state index contributed by atoms with van der Waals surface area (Å²) in [5.41, 5.74) is 0.551. The Bertz CT molecular complexity index is 426. The Balaban J connectivity index is 2.78. The zero-order valence-electron chi connectivity index (χ0n) is 9.12. The van der Waals surface area contributed by atoms with Crippen LogP contribution in [0, 0.1) is 0 Å². The van der Waals surface area contributed by atoms with Crippen molar-refractivity contribution in [1.82, 2.24) is 9.88 Å². The van der Waals surface area contributed by atoms with Gasteiger partial charge in [0, 0.05) is 23.4 Å². The smallest absolute Gasteiger partial charge is 0.401 e. The van der Waals surface area contributed by atoms with Crippen molar-refractivity contribution < 1.29 is 23.1 Å². The van der Waals surface area contributed by atoms with Crippen LogP contribution in [0.3, 0.4) is 0 Å². The van der Waals surface area contributed by atoms with Gasteiger partial charge in [0.25, 0.3) is 0 Å². The van der Waals surface area contributed by atoms with Gasteiger partial charge in [-0.25, -0.2) is 0 Å². The molecule has 0 aliphatic carbocycles. The molecule has 0 amide bonds. The van der Waals surface area contributed by atoms with E-state index in [-0.39, 0.29) is 6.54 Å². The quantitative estimate of drug-likeness (QED) is 0.902. The van der Waals surface area contributed by atoms with E-state index in [9.17, 15) is 18.0 Å². The first kappa shape index (κ1) is 14.9. The van der Waals surface area contributed by atoms with Gasteiger partial charge < -0.3 is 5.11 Å². The number of hydrogen-bond acceptors (Lipinski definition) is 3. The molecule has 0 unspecified atom stereocenters. The molecule has 0 aliphatic heterocycles. The number of alkyl halides is 3. The van der Waals surface area contributed by atoms with E-state index in [1.54, 1.807) is 0 Å². The topological polar surface area (TPSA) is 53.4 Å². The number of aromatic nitrogens is 1. The SMILES string of the molecule is O=C(O)CN(Cc1ccncc1Br)CC(F)(F)F. The zero-order chi connectivity index (χ0) is 13.8. The van der Waals surface area contributed by atoms with Gasteiger partial charge in [-0.1, -0.05) is 0 Å². The standard InChI is InChI=1S/C10H10BrF3N2O2/c11-8-3-15-2-1-7(8)4-16(5-9(17)18)6-10(12,13)14/h1-3H,4-6H2,(H,17,18). The molecule has 0 bridgehead atoms. The van der Waals surface area contributed by atoms with Crippen LogP contribution in [0.4, 0.5) is 13.2 Å². The molecule has 0 saturated heterocycles. The van der Waals surface area contributed by atoms with Crippen LogP contribution in [0.25, 0.3) is 0 Å². The molecule has 0 aromatic carbocycles. The minimum Gasteiger partial charge on any atom is -0.480 e. The minimum atomic E-state index is -4.44. The van der Waals surface area contributed by atoms with Crippen molar-refractivity contribution >= 4 is 21.9 Å². The Morgan fingerprint density at radius 2 is 2.17 bits per heavy atom. The van der Waals surface area contributed by atoms with Crippen LogP contribution in [-0.2, 0) is 11.3 Å². The maximum absolute atomic E-state index is 12.3. The first-order chi connectivity index (χ1) is 8.28. The van der Waals surface area contributed by atoms with Crippen LogP contribution in [0.1, 0.15) is 5.56 Å². The predicted octanol–water partition coefficient (Wildman–Crippen LogP) is 2.29. The molecular formula is C10H10BrF3N2O2. The predicted molar refractivity (Wildman–Crippen MR) is 60.9 cm³/mol. The Morgan fingerprint density at radius 3 is 2.67 bits per heavy atom. The highest BCUT2D eigenvalue weighted by Crippen LogP contribution is 2.21. The molecule has 1 aromatic rings. The fourth-order valence-electron chi connectivity index (χ4n) is 1.39. The molecule has 1 heterocycles. The second kappa shape index (κ2) is 6.14. The van der Waals surface area contributed by atoms with E-state index in [2.05, 4.69) is 20.9 Å². The molecule has 0 fully saturated rings. The van der Waals surface area contributed by atoms with Crippen LogP contribution in [0.2, 0.25) is 0 Å². The Labute approximate surface area is 110 Å². The number of aliphatic carboxylic acids is 1. The Hall–Kier alpha value is -1.15. The molecule has 1 rings (SSSR count). The summed E-state index contributed by atoms with van der Waals surface area (Å²) in [7, 11) is 0. The van der Waals surface area contributed by atoms with Crippen molar-refractivity contribution in [2.24, 2.45) is 0 Å². The minimum absolute atomic E-state index is 0.116. The molecule has 0 atom stereocenters. The van der Waals surface area contributed by atoms with Crippen molar-refractivity contribution in [1.29, 1.82) is 0 Å². The van der Waals surface area contributed by atoms with Gasteiger partial charge in [0.15, 0.2) is 0 Å². The monoisotopic (exact) mass is 326 g/mol. The van der Waals surface area contributed by atoms with E-state index in [1.807, 2.05) is 0 Å². The lowest BCUT2D eigenvalue weighted by atomic mass is 10.2. The van der Waals surface area contributed by atoms with Crippen LogP contribution in [-0.4, -0.2) is 40.2 Å². The number of carboxylic acid groups (broad SMARTS) is 1. The Morgan fingerprint density at radius 1 is 1.50 bits per heavy atom. The van der Waals surface area contributed by atoms with Crippen LogP contribution < -0.4 is 0 Å². The van der Waals surface area contributed by atoms with Crippen molar-refractivity contribution in [2.45, 2.75) is 12.7 Å². The van der Waals surface area contributed by atoms with Gasteiger partial charge in [-0.05, 0) is 27.6 Å². The van der Waals surface area contributed by atoms with Gasteiger partial charge in [0.1, 0.15) is 0 Å². The van der Waals surface area contributed by atoms with E-state index in [0.29, 0.717) is 10.0 Å². The maximum atomic E-state index is 12.3. The molecule has 4 nitrogen and oxygen atoms in total. The van der Waals surface area contributed by atoms with Gasteiger partial charge >= 0.3 is 12.1 Å². The molecule has 100 valence electrons. The first-order valence-corrected chi connectivity index (χ1v) is 5.66. The number of rotatable bonds is 5. The van der Waals surface area contributed by atoms with Crippen molar-refractivity contribution in [3.05, 3.63) is 28.5 Å². The van der Waals surface area contributed by atoms with Crippen LogP contribution in [0.5, 0.6) is 0 Å². The highest BCUT2D eigenvalue weighted by molar-refractivity contribution is 9.10. The molecule has 0 radical (unpaired) electrons. The summed E-state index contributed by atoms with van der Waals surface area (Å²) in [6.07, 6.45) is -1.55. The van der Waals surface area contributed by atoms with Crippen molar-refractivity contribution in [3.63, 3.8) is 0 Å². The molecule has 1 aromatic heterocycles. The lowest BCUT2D eigenvalue weighted by molar-refractivity contribution is -0.154. The molecule has 0 aliphatic rings. The Kier molecular flexibility index (Phi) is 5.09. The molecule has 8 heteroatoms. The summed E-state index contributed by atoms with van der Waals surface area (Å²) >= 11 is 3.15. The highest BCUT2D eigenvalue weighted by atomic mass is 79.9. The molecule has 0 saturated carbocycles. The molecule has 0 spiro atoms. The second-order valence-corrected chi connectivity index (χ2v) is 4.48. The third-order valence-electron chi connectivity index (χ3n) is 2.01. The van der Waals surface area contributed by atoms with E-state index in [4.69, 9.17) is 5.11 Å². The average molecular weight is 327 g/mol. The van der Waals surface area contributed by atoms with Gasteiger partial charge in [0.2, 0.25) is 0 Å². The summed E-state index contributed by atoms with van der Waals surface area (Å²) in [5.74, 6) is -1.30. The largest absolute Gasteiger partial charge is 0.480 e. The molecule has 1 N–H and O–H groups in total. The molecular weight excluding hydrogens is 317 g/mol. The third-order valence-corrected chi connectivity index (χ3v) is 2.73. The number of halogens is 4. The highest BCUT2D eigenvalue weighted by Gasteiger charge is 2.31. The first-order valence-electron chi connectivity index (χ1n) is 4.87. The van der Waals surface area contributed by atoms with E-state index >= 15 is 0 Å². The number of pyridine rings is 1. The van der Waals surface area contributed by atoms with Gasteiger partial charge in [0.05, 0.1) is 13.1 Å². The summed E-state index contributed by atoms with van der Waals surface area (Å²) in [6.45, 7) is -2.06. The summed E-state index contributed by atoms with van der Waals surface area (Å²) in [6, 6.07) is 1.54. The zero-order valence-corrected chi connectivity index (χ0v) is 10.7. The van der Waals surface area contributed by atoms with E-state index in [0.717, 1.165) is 4.90 Å². The van der Waals surface area contributed by atoms with Crippen LogP contribution in [0.15, 0.2) is 22.9 Å². The second-order valence-electron chi connectivity index (χ2n) is 3.62. The molecule has 18 heavy (non-hydrogen) atoms. The lowest BCUT2D eigenvalue weighted by Gasteiger charge is -2.22. The van der Waals surface area contributed by atoms with E-state index < -0.39 is 25.2 Å². The number of hydrogen-bond donors (Lipinski definition) is 1. The van der Waals surface area contributed by atoms with Crippen molar-refractivity contribution in [2.75, 3.05) is 13.1 Å². The number of carboxylic acids is 1. The fraction of sp³-hybridized carbons (Fsp3) is 0.400. The normalized spacial score (nSPS) is 11.8. The fourth-order valence-corrected chi connectivity index (χ4v) is 1.76. The summed E-state index contributed by atoms with van der Waals surface area (Å²) in [4.78, 5) is 15.1. The number of nitrogens with zero attached hydrogens (tertiary/aromatic N) is 2. The van der Waals surface area contributed by atoms with Crippen molar-refractivity contribution in [3.8, 4) is 0 Å². The average Bonchev–Trinajstić information content (AvgIpc) is 2.17. The third kappa shape index (κ3) is 5.46. The maximum Gasteiger partial charge on any atom is 0.401 e.